The molecule has 86 heavy (non-hydrogen) atoms. The van der Waals surface area contributed by atoms with Gasteiger partial charge >= 0.3 is 0 Å². The number of aromatic amines is 1. The van der Waals surface area contributed by atoms with Crippen molar-refractivity contribution in [3.63, 3.8) is 0 Å². The number of hydrogen-bond donors (Lipinski definition) is 4. The number of benzene rings is 4. The van der Waals surface area contributed by atoms with Gasteiger partial charge in [0.05, 0.1) is 39.3 Å². The minimum atomic E-state index is -4.66. The predicted molar refractivity (Wildman–Crippen MR) is 323 cm³/mol. The number of nitro benzene ring substituents is 1. The fourth-order valence-corrected chi connectivity index (χ4v) is 13.1. The van der Waals surface area contributed by atoms with Crippen molar-refractivity contribution < 1.29 is 46.8 Å². The van der Waals surface area contributed by atoms with Crippen molar-refractivity contribution in [1.29, 1.82) is 0 Å². The number of carbonyl (C=O) groups is 5. The molecule has 23 heteroatoms. The molecule has 4 aromatic carbocycles. The molecule has 446 valence electrons. The molecule has 2 aromatic heterocycles. The molecule has 0 bridgehead atoms. The Labute approximate surface area is 502 Å². The van der Waals surface area contributed by atoms with Gasteiger partial charge < -0.3 is 29.6 Å². The number of anilines is 2. The third-order valence-electron chi connectivity index (χ3n) is 16.6. The summed E-state index contributed by atoms with van der Waals surface area (Å²) >= 11 is 6.27. The first-order chi connectivity index (χ1) is 41.3. The van der Waals surface area contributed by atoms with Gasteiger partial charge in [-0.3, -0.25) is 49.2 Å². The lowest BCUT2D eigenvalue weighted by atomic mass is 9.72. The van der Waals surface area contributed by atoms with Gasteiger partial charge in [-0.1, -0.05) is 55.0 Å². The Bertz CT molecular complexity index is 3890. The molecule has 4 aliphatic heterocycles. The zero-order valence-corrected chi connectivity index (χ0v) is 49.2. The number of piperidine rings is 2. The Morgan fingerprint density at radius 1 is 0.907 bits per heavy atom. The van der Waals surface area contributed by atoms with Crippen LogP contribution in [-0.2, 0) is 24.3 Å². The molecule has 0 saturated carbocycles. The molecule has 2 unspecified atom stereocenters. The molecule has 0 spiro atoms. The van der Waals surface area contributed by atoms with Crippen LogP contribution in [0.2, 0.25) is 5.02 Å². The summed E-state index contributed by atoms with van der Waals surface area (Å²) < 4.78 is 42.3. The molecule has 1 aliphatic carbocycles. The highest BCUT2D eigenvalue weighted by molar-refractivity contribution is 7.90. The van der Waals surface area contributed by atoms with E-state index in [-0.39, 0.29) is 58.9 Å². The van der Waals surface area contributed by atoms with E-state index in [9.17, 15) is 42.5 Å². The first kappa shape index (κ1) is 59.3. The second kappa shape index (κ2) is 25.2. The van der Waals surface area contributed by atoms with E-state index in [2.05, 4.69) is 77.8 Å². The van der Waals surface area contributed by atoms with Crippen LogP contribution in [0.15, 0.2) is 114 Å². The van der Waals surface area contributed by atoms with Crippen LogP contribution >= 0.6 is 11.6 Å². The lowest BCUT2D eigenvalue weighted by molar-refractivity contribution is -0.384. The molecular formula is C63H65ClN10O11S. The Kier molecular flexibility index (Phi) is 17.4. The van der Waals surface area contributed by atoms with Crippen LogP contribution in [0.4, 0.5) is 17.1 Å². The van der Waals surface area contributed by atoms with E-state index in [1.807, 2.05) is 18.2 Å². The van der Waals surface area contributed by atoms with Crippen LogP contribution in [0.25, 0.3) is 16.6 Å². The van der Waals surface area contributed by atoms with E-state index in [0.717, 1.165) is 80.3 Å². The summed E-state index contributed by atoms with van der Waals surface area (Å²) in [4.78, 5) is 91.1. The topological polar surface area (TPSA) is 259 Å². The summed E-state index contributed by atoms with van der Waals surface area (Å²) in [6.45, 7) is 11.4. The van der Waals surface area contributed by atoms with Gasteiger partial charge in [0, 0.05) is 98.8 Å². The molecule has 4 N–H and O–H groups in total. The number of nitrogens with zero attached hydrogens (tertiary/aromatic N) is 6. The predicted octanol–water partition coefficient (Wildman–Crippen LogP) is 8.41. The molecule has 21 nitrogen and oxygen atoms in total. The maximum absolute atomic E-state index is 14.2. The summed E-state index contributed by atoms with van der Waals surface area (Å²) in [5.41, 5.74) is 6.05. The number of amides is 5. The highest BCUT2D eigenvalue weighted by Gasteiger charge is 2.45. The number of carbonyl (C=O) groups excluding carboxylic acids is 5. The largest absolute Gasteiger partial charge is 0.455 e. The minimum absolute atomic E-state index is 0.0270. The number of hydrogen-bond acceptors (Lipinski definition) is 16. The molecule has 0 radical (unpaired) electrons. The fourth-order valence-electron chi connectivity index (χ4n) is 12.0. The molecule has 6 heterocycles. The van der Waals surface area contributed by atoms with E-state index < -0.39 is 61.1 Å². The van der Waals surface area contributed by atoms with Crippen molar-refractivity contribution >= 4 is 84.8 Å². The SMILES string of the molecule is CC1(C)CCC(CN2CCN(c3ccc(C(=O)NS(=O)(=O)c4ccc(NCC5CCCN(CCOCC#Cc6ccc7c(c6)C(=O)N(C6CCC(=O)NC6=O)C7=O)C5)c([N+](=O)[O-])c4)c(Oc4cnc5[nH]ccc5c4)c3)CC2)=C(c2ccc(Cl)cc2)C1. The van der Waals surface area contributed by atoms with Gasteiger partial charge in [-0.2, -0.15) is 0 Å². The molecule has 6 aromatic rings. The van der Waals surface area contributed by atoms with Gasteiger partial charge in [0.2, 0.25) is 11.8 Å². The molecular weight excluding hydrogens is 1140 g/mol. The van der Waals surface area contributed by atoms with Crippen LogP contribution in [0.3, 0.4) is 0 Å². The number of aromatic nitrogens is 2. The number of H-pyrrole nitrogens is 1. The van der Waals surface area contributed by atoms with E-state index in [1.165, 1.54) is 53.2 Å². The van der Waals surface area contributed by atoms with Crippen molar-refractivity contribution in [3.8, 4) is 23.3 Å². The first-order valence-electron chi connectivity index (χ1n) is 28.8. The van der Waals surface area contributed by atoms with E-state index in [0.29, 0.717) is 61.3 Å². The molecule has 5 aliphatic rings. The number of likely N-dealkylation sites (tertiary alicyclic amines) is 1. The van der Waals surface area contributed by atoms with Gasteiger partial charge in [0.1, 0.15) is 35.5 Å². The van der Waals surface area contributed by atoms with E-state index >= 15 is 0 Å². The number of imide groups is 2. The number of pyridine rings is 1. The lowest BCUT2D eigenvalue weighted by Gasteiger charge is -2.39. The number of fused-ring (bicyclic) bond motifs is 2. The smallest absolute Gasteiger partial charge is 0.293 e. The zero-order chi connectivity index (χ0) is 60.3. The quantitative estimate of drug-likeness (QED) is 0.0207. The molecule has 3 fully saturated rings. The van der Waals surface area contributed by atoms with Crippen molar-refractivity contribution in [2.45, 2.75) is 69.7 Å². The number of rotatable bonds is 18. The second-order valence-corrected chi connectivity index (χ2v) is 25.3. The fraction of sp³-hybridized carbons (Fsp3) is 0.365. The molecule has 11 rings (SSSR count). The second-order valence-electron chi connectivity index (χ2n) is 23.2. The van der Waals surface area contributed by atoms with Crippen LogP contribution in [0.5, 0.6) is 11.5 Å². The number of ether oxygens (including phenoxy) is 2. The third kappa shape index (κ3) is 13.5. The Morgan fingerprint density at radius 3 is 2.50 bits per heavy atom. The number of sulfonamides is 1. The number of nitro groups is 1. The van der Waals surface area contributed by atoms with Crippen molar-refractivity contribution in [2.75, 3.05) is 82.3 Å². The lowest BCUT2D eigenvalue weighted by Crippen LogP contribution is -2.54. The number of piperazine rings is 1. The summed E-state index contributed by atoms with van der Waals surface area (Å²) in [7, 11) is -4.66. The molecule has 3 saturated heterocycles. The number of nitrogens with one attached hydrogen (secondary N) is 4. The normalized spacial score (nSPS) is 19.2. The average molecular weight is 1210 g/mol. The van der Waals surface area contributed by atoms with Gasteiger partial charge in [-0.15, -0.1) is 0 Å². The molecule has 5 amide bonds. The highest BCUT2D eigenvalue weighted by atomic mass is 35.5. The maximum atomic E-state index is 14.2. The van der Waals surface area contributed by atoms with Crippen molar-refractivity contribution in [3.05, 3.63) is 152 Å². The summed E-state index contributed by atoms with van der Waals surface area (Å²) in [5, 5.41) is 19.3. The van der Waals surface area contributed by atoms with Crippen LogP contribution in [0.1, 0.15) is 101 Å². The minimum Gasteiger partial charge on any atom is -0.455 e. The van der Waals surface area contributed by atoms with Gasteiger partial charge in [-0.05, 0) is 134 Å². The Balaban J connectivity index is 0.693. The Morgan fingerprint density at radius 2 is 1.71 bits per heavy atom. The average Bonchev–Trinajstić information content (AvgIpc) is 1.79. The van der Waals surface area contributed by atoms with E-state index in [1.54, 1.807) is 30.5 Å². The maximum Gasteiger partial charge on any atom is 0.293 e. The Hall–Kier alpha value is -8.46. The monoisotopic (exact) mass is 1200 g/mol. The molecule has 2 atom stereocenters. The zero-order valence-electron chi connectivity index (χ0n) is 47.7. The third-order valence-corrected chi connectivity index (χ3v) is 18.2. The van der Waals surface area contributed by atoms with Gasteiger partial charge in [-0.25, -0.2) is 18.1 Å². The van der Waals surface area contributed by atoms with Crippen molar-refractivity contribution in [2.24, 2.45) is 11.3 Å². The van der Waals surface area contributed by atoms with Gasteiger partial charge in [0.15, 0.2) is 0 Å². The number of halogens is 1. The van der Waals surface area contributed by atoms with Crippen molar-refractivity contribution in [1.82, 2.24) is 34.7 Å². The summed E-state index contributed by atoms with van der Waals surface area (Å²) in [6, 6.07) is 23.8. The van der Waals surface area contributed by atoms with Crippen LogP contribution in [0, 0.1) is 33.3 Å². The highest BCUT2D eigenvalue weighted by Crippen LogP contribution is 2.44. The standard InChI is InChI=1S/C63H65ClN10O11S/c1-63(2)21-19-44(52(35-63)42-8-10-45(64)11-9-42)39-71-24-26-72(27-25-71)46-12-15-50(56(33-46)85-47-32-43-20-22-65-58(43)67-37-47)59(76)69-86(82,83)48-13-16-53(55(34-48)74(80)81)66-36-41-5-3-23-70(38-41)28-30-84-29-4-6-40-7-14-49-51(31-40)62(79)73(61(49)78)54-17-18-57(75)68-60(54)77/h7-16,20,22,31-34,37,41,54,66H,3,5,17-19,21,23-30,35-36,38-39H2,1-2H3,(H,65,67)(H,69,76)(H,68,75,77). The van der Waals surface area contributed by atoms with Crippen LogP contribution < -0.4 is 25.0 Å². The summed E-state index contributed by atoms with van der Waals surface area (Å²) in [6.07, 6.45) is 8.21. The van der Waals surface area contributed by atoms with Crippen LogP contribution in [-0.4, -0.2) is 146 Å². The summed E-state index contributed by atoms with van der Waals surface area (Å²) in [5.74, 6) is 3.09. The number of allylic oxidation sites excluding steroid dienone is 1. The van der Waals surface area contributed by atoms with E-state index in [4.69, 9.17) is 21.1 Å². The van der Waals surface area contributed by atoms with Gasteiger partial charge in [0.25, 0.3) is 33.4 Å². The first-order valence-corrected chi connectivity index (χ1v) is 30.6.